The summed E-state index contributed by atoms with van der Waals surface area (Å²) in [5.41, 5.74) is -0.334. The van der Waals surface area contributed by atoms with Crippen molar-refractivity contribution < 1.29 is 19.4 Å². The fourth-order valence-electron chi connectivity index (χ4n) is 1.88. The number of rotatable bonds is 3. The van der Waals surface area contributed by atoms with Crippen LogP contribution in [0, 0.1) is 0 Å². The Balaban J connectivity index is 2.54. The molecular formula is C10H19NO4. The van der Waals surface area contributed by atoms with Crippen molar-refractivity contribution >= 4 is 5.97 Å². The predicted octanol–water partition coefficient (Wildman–Crippen LogP) is -0.369. The van der Waals surface area contributed by atoms with E-state index in [9.17, 15) is 4.79 Å². The summed E-state index contributed by atoms with van der Waals surface area (Å²) < 4.78 is 10.2. The van der Waals surface area contributed by atoms with E-state index in [1.807, 2.05) is 18.7 Å². The van der Waals surface area contributed by atoms with Gasteiger partial charge >= 0.3 is 5.97 Å². The number of carbonyl (C=O) groups excluding carboxylic acids is 1. The molecule has 1 aliphatic heterocycles. The summed E-state index contributed by atoms with van der Waals surface area (Å²) in [6.45, 7) is 5.34. The Bertz CT molecular complexity index is 229. The van der Waals surface area contributed by atoms with Crippen molar-refractivity contribution in [2.24, 2.45) is 0 Å². The first-order chi connectivity index (χ1) is 6.96. The maximum atomic E-state index is 11.1. The van der Waals surface area contributed by atoms with Crippen molar-refractivity contribution in [3.8, 4) is 0 Å². The van der Waals surface area contributed by atoms with Gasteiger partial charge < -0.3 is 14.6 Å². The molecule has 0 bridgehead atoms. The highest BCUT2D eigenvalue weighted by atomic mass is 16.5. The Hall–Kier alpha value is -0.650. The molecule has 0 saturated carbocycles. The lowest BCUT2D eigenvalue weighted by atomic mass is 10.1. The van der Waals surface area contributed by atoms with Crippen LogP contribution in [0.2, 0.25) is 0 Å². The highest BCUT2D eigenvalue weighted by Crippen LogP contribution is 2.20. The molecule has 5 heteroatoms. The van der Waals surface area contributed by atoms with Crippen molar-refractivity contribution in [1.82, 2.24) is 4.90 Å². The number of esters is 1. The van der Waals surface area contributed by atoms with Crippen LogP contribution in [-0.4, -0.2) is 61.0 Å². The lowest BCUT2D eigenvalue weighted by Gasteiger charge is -2.41. The average molecular weight is 217 g/mol. The maximum Gasteiger partial charge on any atom is 0.319 e. The first-order valence-corrected chi connectivity index (χ1v) is 5.04. The minimum atomic E-state index is -0.334. The molecule has 1 rings (SSSR count). The third kappa shape index (κ3) is 3.77. The van der Waals surface area contributed by atoms with Gasteiger partial charge in [0.05, 0.1) is 32.0 Å². The molecular weight excluding hydrogens is 198 g/mol. The average Bonchev–Trinajstić information content (AvgIpc) is 2.15. The minimum absolute atomic E-state index is 0.0267. The van der Waals surface area contributed by atoms with E-state index in [2.05, 4.69) is 4.74 Å². The number of morpholine rings is 1. The minimum Gasteiger partial charge on any atom is -0.468 e. The molecule has 1 N–H and O–H groups in total. The largest absolute Gasteiger partial charge is 0.468 e. The van der Waals surface area contributed by atoms with Gasteiger partial charge in [-0.2, -0.15) is 0 Å². The summed E-state index contributed by atoms with van der Waals surface area (Å²) in [5.74, 6) is -0.260. The molecule has 1 saturated heterocycles. The van der Waals surface area contributed by atoms with Gasteiger partial charge in [0.15, 0.2) is 0 Å². The SMILES string of the molecule is COC(=O)CN1CC(CO)OC(C)(C)C1. The number of hydrogen-bond donors (Lipinski definition) is 1. The number of aliphatic hydroxyl groups is 1. The van der Waals surface area contributed by atoms with E-state index in [1.54, 1.807) is 0 Å². The van der Waals surface area contributed by atoms with Crippen molar-refractivity contribution in [2.45, 2.75) is 25.6 Å². The van der Waals surface area contributed by atoms with Crippen molar-refractivity contribution in [3.05, 3.63) is 0 Å². The van der Waals surface area contributed by atoms with Crippen LogP contribution in [0.4, 0.5) is 0 Å². The molecule has 0 spiro atoms. The first-order valence-electron chi connectivity index (χ1n) is 5.04. The van der Waals surface area contributed by atoms with Crippen LogP contribution < -0.4 is 0 Å². The third-order valence-electron chi connectivity index (χ3n) is 2.34. The number of methoxy groups -OCH3 is 1. The molecule has 15 heavy (non-hydrogen) atoms. The van der Waals surface area contributed by atoms with Crippen LogP contribution >= 0.6 is 0 Å². The van der Waals surface area contributed by atoms with E-state index in [1.165, 1.54) is 7.11 Å². The zero-order chi connectivity index (χ0) is 11.5. The molecule has 0 aromatic heterocycles. The van der Waals surface area contributed by atoms with E-state index in [0.29, 0.717) is 13.1 Å². The molecule has 0 aliphatic carbocycles. The molecule has 1 unspecified atom stereocenters. The summed E-state index contributed by atoms with van der Waals surface area (Å²) in [5, 5.41) is 9.06. The Morgan fingerprint density at radius 1 is 1.67 bits per heavy atom. The van der Waals surface area contributed by atoms with Crippen LogP contribution in [0.15, 0.2) is 0 Å². The van der Waals surface area contributed by atoms with E-state index >= 15 is 0 Å². The van der Waals surface area contributed by atoms with Gasteiger partial charge in [0.25, 0.3) is 0 Å². The Labute approximate surface area is 90.0 Å². The third-order valence-corrected chi connectivity index (χ3v) is 2.34. The van der Waals surface area contributed by atoms with Crippen LogP contribution in [0.5, 0.6) is 0 Å². The van der Waals surface area contributed by atoms with Gasteiger partial charge in [-0.05, 0) is 13.8 Å². The van der Waals surface area contributed by atoms with Gasteiger partial charge in [0.1, 0.15) is 0 Å². The van der Waals surface area contributed by atoms with Gasteiger partial charge in [-0.3, -0.25) is 9.69 Å². The Kier molecular flexibility index (Phi) is 4.07. The molecule has 0 radical (unpaired) electrons. The fourth-order valence-corrected chi connectivity index (χ4v) is 1.88. The zero-order valence-corrected chi connectivity index (χ0v) is 9.52. The highest BCUT2D eigenvalue weighted by Gasteiger charge is 2.33. The normalized spacial score (nSPS) is 26.3. The molecule has 0 aromatic rings. The van der Waals surface area contributed by atoms with Crippen LogP contribution in [0.3, 0.4) is 0 Å². The number of nitrogens with zero attached hydrogens (tertiary/aromatic N) is 1. The van der Waals surface area contributed by atoms with E-state index < -0.39 is 0 Å². The molecule has 88 valence electrons. The Morgan fingerprint density at radius 2 is 2.33 bits per heavy atom. The van der Waals surface area contributed by atoms with Crippen LogP contribution in [0.25, 0.3) is 0 Å². The Morgan fingerprint density at radius 3 is 2.87 bits per heavy atom. The number of ether oxygens (including phenoxy) is 2. The van der Waals surface area contributed by atoms with Gasteiger partial charge in [-0.25, -0.2) is 0 Å². The molecule has 0 aromatic carbocycles. The summed E-state index contributed by atoms with van der Waals surface area (Å²) in [6.07, 6.45) is -0.224. The summed E-state index contributed by atoms with van der Waals surface area (Å²) in [6, 6.07) is 0. The second-order valence-corrected chi connectivity index (χ2v) is 4.43. The summed E-state index contributed by atoms with van der Waals surface area (Å²) in [4.78, 5) is 13.1. The second-order valence-electron chi connectivity index (χ2n) is 4.43. The molecule has 1 heterocycles. The topological polar surface area (TPSA) is 59.0 Å². The quantitative estimate of drug-likeness (QED) is 0.654. The highest BCUT2D eigenvalue weighted by molar-refractivity contribution is 5.71. The second kappa shape index (κ2) is 4.92. The zero-order valence-electron chi connectivity index (χ0n) is 9.52. The van der Waals surface area contributed by atoms with Gasteiger partial charge in [-0.1, -0.05) is 0 Å². The summed E-state index contributed by atoms with van der Waals surface area (Å²) >= 11 is 0. The smallest absolute Gasteiger partial charge is 0.319 e. The lowest BCUT2D eigenvalue weighted by molar-refractivity contribution is -0.160. The van der Waals surface area contributed by atoms with Gasteiger partial charge in [0.2, 0.25) is 0 Å². The number of carbonyl (C=O) groups is 1. The molecule has 5 nitrogen and oxygen atoms in total. The predicted molar refractivity (Wildman–Crippen MR) is 54.5 cm³/mol. The molecule has 0 amide bonds. The molecule has 1 fully saturated rings. The number of aliphatic hydroxyl groups excluding tert-OH is 1. The molecule has 1 atom stereocenters. The van der Waals surface area contributed by atoms with Crippen molar-refractivity contribution in [3.63, 3.8) is 0 Å². The standard InChI is InChI=1S/C10H19NO4/c1-10(2)7-11(5-9(13)14-3)4-8(6-12)15-10/h8,12H,4-7H2,1-3H3. The van der Waals surface area contributed by atoms with Gasteiger partial charge in [-0.15, -0.1) is 0 Å². The van der Waals surface area contributed by atoms with Crippen molar-refractivity contribution in [1.29, 1.82) is 0 Å². The lowest BCUT2D eigenvalue weighted by Crippen LogP contribution is -2.54. The first kappa shape index (κ1) is 12.4. The van der Waals surface area contributed by atoms with Crippen molar-refractivity contribution in [2.75, 3.05) is 33.4 Å². The monoisotopic (exact) mass is 217 g/mol. The van der Waals surface area contributed by atoms with E-state index in [-0.39, 0.29) is 30.8 Å². The van der Waals surface area contributed by atoms with E-state index in [0.717, 1.165) is 0 Å². The van der Waals surface area contributed by atoms with Crippen LogP contribution in [0.1, 0.15) is 13.8 Å². The van der Waals surface area contributed by atoms with Gasteiger partial charge in [0, 0.05) is 13.1 Å². The summed E-state index contributed by atoms with van der Waals surface area (Å²) in [7, 11) is 1.37. The maximum absolute atomic E-state index is 11.1. The fraction of sp³-hybridized carbons (Fsp3) is 0.900. The molecule has 1 aliphatic rings. The number of hydrogen-bond acceptors (Lipinski definition) is 5. The van der Waals surface area contributed by atoms with E-state index in [4.69, 9.17) is 9.84 Å². The van der Waals surface area contributed by atoms with Crippen LogP contribution in [-0.2, 0) is 14.3 Å².